The van der Waals surface area contributed by atoms with Gasteiger partial charge in [-0.25, -0.2) is 4.99 Å². The van der Waals surface area contributed by atoms with Crippen molar-refractivity contribution in [2.75, 3.05) is 30.4 Å². The summed E-state index contributed by atoms with van der Waals surface area (Å²) in [7, 11) is 1.69. The maximum absolute atomic E-state index is 13.6. The van der Waals surface area contributed by atoms with Gasteiger partial charge in [0, 0.05) is 47.2 Å². The van der Waals surface area contributed by atoms with Gasteiger partial charge >= 0.3 is 0 Å². The van der Waals surface area contributed by atoms with Gasteiger partial charge in [0.05, 0.1) is 12.7 Å². The molecule has 6 heteroatoms. The molecule has 0 radical (unpaired) electrons. The number of hydrogen-bond acceptors (Lipinski definition) is 5. The van der Waals surface area contributed by atoms with E-state index >= 15 is 0 Å². The SMILES string of the molecule is CCN(CC)c1ccc(C=Nc2sc3c(c2C(=O)Nc2ccccc2)CC[C@H](C(C)(C)C)C3)c(OC)c1. The van der Waals surface area contributed by atoms with Crippen molar-refractivity contribution in [1.82, 2.24) is 0 Å². The summed E-state index contributed by atoms with van der Waals surface area (Å²) < 4.78 is 5.71. The number of hydrogen-bond donors (Lipinski definition) is 1. The number of carbonyl (C=O) groups is 1. The zero-order valence-electron chi connectivity index (χ0n) is 22.9. The summed E-state index contributed by atoms with van der Waals surface area (Å²) >= 11 is 1.66. The van der Waals surface area contributed by atoms with Gasteiger partial charge in [0.15, 0.2) is 0 Å². The highest BCUT2D eigenvalue weighted by Gasteiger charge is 2.33. The number of fused-ring (bicyclic) bond motifs is 1. The van der Waals surface area contributed by atoms with Crippen LogP contribution in [0.3, 0.4) is 0 Å². The number of aliphatic imine (C=N–C) groups is 1. The van der Waals surface area contributed by atoms with Crippen molar-refractivity contribution in [1.29, 1.82) is 0 Å². The highest BCUT2D eigenvalue weighted by atomic mass is 32.1. The van der Waals surface area contributed by atoms with E-state index in [2.05, 4.69) is 57.0 Å². The van der Waals surface area contributed by atoms with Gasteiger partial charge in [-0.05, 0) is 74.3 Å². The molecule has 1 atom stereocenters. The Labute approximate surface area is 225 Å². The second-order valence-corrected chi connectivity index (χ2v) is 11.8. The summed E-state index contributed by atoms with van der Waals surface area (Å²) in [5.41, 5.74) is 4.92. The molecule has 0 unspecified atom stereocenters. The molecule has 1 aliphatic carbocycles. The number of carbonyl (C=O) groups excluding carboxylic acids is 1. The molecule has 1 N–H and O–H groups in total. The van der Waals surface area contributed by atoms with Crippen LogP contribution >= 0.6 is 11.3 Å². The fraction of sp³-hybridized carbons (Fsp3) is 0.419. The van der Waals surface area contributed by atoms with E-state index in [4.69, 9.17) is 9.73 Å². The smallest absolute Gasteiger partial charge is 0.259 e. The minimum Gasteiger partial charge on any atom is -0.496 e. The first-order valence-electron chi connectivity index (χ1n) is 13.2. The molecule has 1 aliphatic rings. The number of nitrogens with one attached hydrogen (secondary N) is 1. The third-order valence-corrected chi connectivity index (χ3v) is 8.56. The standard InChI is InChI=1S/C31H39N3O2S/c1-7-34(8-2)24-16-14-21(26(19-24)36-6)20-32-30-28(29(35)33-23-12-10-9-11-13-23)25-17-15-22(31(3,4)5)18-27(25)37-30/h9-14,16,19-20,22H,7-8,15,17-18H2,1-6H3,(H,33,35)/t22-/m0/s1. The number of ether oxygens (including phenoxy) is 1. The maximum atomic E-state index is 13.6. The average Bonchev–Trinajstić information content (AvgIpc) is 3.26. The third-order valence-electron chi connectivity index (χ3n) is 7.40. The van der Waals surface area contributed by atoms with Gasteiger partial charge < -0.3 is 15.0 Å². The number of thiophene rings is 1. The molecule has 3 aromatic rings. The molecule has 0 aliphatic heterocycles. The topological polar surface area (TPSA) is 53.9 Å². The normalized spacial score (nSPS) is 15.5. The van der Waals surface area contributed by atoms with Crippen LogP contribution in [-0.2, 0) is 12.8 Å². The molecular weight excluding hydrogens is 478 g/mol. The molecule has 0 fully saturated rings. The minimum absolute atomic E-state index is 0.0890. The van der Waals surface area contributed by atoms with Crippen molar-refractivity contribution < 1.29 is 9.53 Å². The van der Waals surface area contributed by atoms with Gasteiger partial charge in [0.25, 0.3) is 5.91 Å². The number of nitrogens with zero attached hydrogens (tertiary/aromatic N) is 2. The Morgan fingerprint density at radius 1 is 1.16 bits per heavy atom. The second kappa shape index (κ2) is 11.5. The van der Waals surface area contributed by atoms with Crippen LogP contribution in [0.5, 0.6) is 5.75 Å². The number of para-hydroxylation sites is 1. The Balaban J connectivity index is 1.70. The van der Waals surface area contributed by atoms with Crippen LogP contribution in [0.15, 0.2) is 53.5 Å². The monoisotopic (exact) mass is 517 g/mol. The zero-order valence-corrected chi connectivity index (χ0v) is 23.7. The predicted octanol–water partition coefficient (Wildman–Crippen LogP) is 7.76. The number of methoxy groups -OCH3 is 1. The first kappa shape index (κ1) is 26.9. The lowest BCUT2D eigenvalue weighted by molar-refractivity contribution is 0.102. The van der Waals surface area contributed by atoms with Crippen molar-refractivity contribution >= 4 is 39.8 Å². The highest BCUT2D eigenvalue weighted by molar-refractivity contribution is 7.16. The first-order valence-corrected chi connectivity index (χ1v) is 14.0. The van der Waals surface area contributed by atoms with E-state index in [1.165, 1.54) is 4.88 Å². The van der Waals surface area contributed by atoms with E-state index in [-0.39, 0.29) is 11.3 Å². The Bertz CT molecular complexity index is 1250. The summed E-state index contributed by atoms with van der Waals surface area (Å²) in [6.45, 7) is 13.1. The Morgan fingerprint density at radius 3 is 2.54 bits per heavy atom. The van der Waals surface area contributed by atoms with Crippen LogP contribution in [-0.4, -0.2) is 32.3 Å². The summed E-state index contributed by atoms with van der Waals surface area (Å²) in [5.74, 6) is 1.28. The highest BCUT2D eigenvalue weighted by Crippen LogP contribution is 2.45. The van der Waals surface area contributed by atoms with Gasteiger partial charge in [-0.1, -0.05) is 39.0 Å². The molecule has 4 rings (SSSR count). The van der Waals surface area contributed by atoms with Gasteiger partial charge in [0.1, 0.15) is 10.8 Å². The molecule has 0 saturated carbocycles. The number of benzene rings is 2. The van der Waals surface area contributed by atoms with Crippen molar-refractivity contribution in [3.8, 4) is 5.75 Å². The summed E-state index contributed by atoms with van der Waals surface area (Å²) in [5, 5.41) is 3.86. The largest absolute Gasteiger partial charge is 0.496 e. The van der Waals surface area contributed by atoms with E-state index in [9.17, 15) is 4.79 Å². The Hall–Kier alpha value is -3.12. The van der Waals surface area contributed by atoms with Crippen molar-refractivity contribution in [2.24, 2.45) is 16.3 Å². The summed E-state index contributed by atoms with van der Waals surface area (Å²) in [4.78, 5) is 22.0. The summed E-state index contributed by atoms with van der Waals surface area (Å²) in [6.07, 6.45) is 4.82. The lowest BCUT2D eigenvalue weighted by Crippen LogP contribution is -2.27. The quantitative estimate of drug-likeness (QED) is 0.311. The van der Waals surface area contributed by atoms with Crippen LogP contribution < -0.4 is 15.0 Å². The van der Waals surface area contributed by atoms with Crippen molar-refractivity contribution in [3.05, 3.63) is 70.1 Å². The Morgan fingerprint density at radius 2 is 1.89 bits per heavy atom. The second-order valence-electron chi connectivity index (χ2n) is 10.7. The Kier molecular flexibility index (Phi) is 8.38. The van der Waals surface area contributed by atoms with Gasteiger partial charge in [-0.2, -0.15) is 0 Å². The van der Waals surface area contributed by atoms with Gasteiger partial charge in [-0.3, -0.25) is 4.79 Å². The lowest BCUT2D eigenvalue weighted by Gasteiger charge is -2.33. The molecule has 1 aromatic heterocycles. The molecule has 0 bridgehead atoms. The molecular formula is C31H39N3O2S. The van der Waals surface area contributed by atoms with Gasteiger partial charge in [-0.15, -0.1) is 11.3 Å². The molecule has 0 saturated heterocycles. The van der Waals surface area contributed by atoms with E-state index in [0.717, 1.165) is 65.6 Å². The van der Waals surface area contributed by atoms with Crippen LogP contribution in [0.2, 0.25) is 0 Å². The third kappa shape index (κ3) is 6.07. The molecule has 1 heterocycles. The van der Waals surface area contributed by atoms with E-state index in [1.807, 2.05) is 42.6 Å². The fourth-order valence-electron chi connectivity index (χ4n) is 5.07. The summed E-state index contributed by atoms with van der Waals surface area (Å²) in [6, 6.07) is 15.8. The fourth-order valence-corrected chi connectivity index (χ4v) is 6.34. The molecule has 0 spiro atoms. The maximum Gasteiger partial charge on any atom is 0.259 e. The van der Waals surface area contributed by atoms with Crippen LogP contribution in [0, 0.1) is 11.3 Å². The van der Waals surface area contributed by atoms with E-state index in [0.29, 0.717) is 11.5 Å². The van der Waals surface area contributed by atoms with E-state index < -0.39 is 0 Å². The number of rotatable bonds is 8. The average molecular weight is 518 g/mol. The van der Waals surface area contributed by atoms with Crippen LogP contribution in [0.4, 0.5) is 16.4 Å². The van der Waals surface area contributed by atoms with Crippen LogP contribution in [0.25, 0.3) is 0 Å². The first-order chi connectivity index (χ1) is 17.7. The lowest BCUT2D eigenvalue weighted by atomic mass is 9.72. The number of amides is 1. The molecule has 37 heavy (non-hydrogen) atoms. The van der Waals surface area contributed by atoms with Crippen molar-refractivity contribution in [3.63, 3.8) is 0 Å². The van der Waals surface area contributed by atoms with Crippen LogP contribution in [0.1, 0.15) is 67.4 Å². The van der Waals surface area contributed by atoms with Crippen molar-refractivity contribution in [2.45, 2.75) is 53.9 Å². The molecule has 196 valence electrons. The molecule has 5 nitrogen and oxygen atoms in total. The minimum atomic E-state index is -0.0890. The van der Waals surface area contributed by atoms with E-state index in [1.54, 1.807) is 18.4 Å². The molecule has 2 aromatic carbocycles. The molecule has 1 amide bonds. The number of anilines is 2. The zero-order chi connectivity index (χ0) is 26.6. The predicted molar refractivity (Wildman–Crippen MR) is 157 cm³/mol. The van der Waals surface area contributed by atoms with Gasteiger partial charge in [0.2, 0.25) is 0 Å².